The van der Waals surface area contributed by atoms with E-state index in [-0.39, 0.29) is 23.2 Å². The number of hydrogen-bond acceptors (Lipinski definition) is 6. The van der Waals surface area contributed by atoms with Crippen LogP contribution in [0.15, 0.2) is 61.2 Å². The van der Waals surface area contributed by atoms with E-state index in [0.29, 0.717) is 5.56 Å². The lowest BCUT2D eigenvalue weighted by molar-refractivity contribution is 0.0215. The maximum Gasteiger partial charge on any atom is 0.111 e. The monoisotopic (exact) mass is 520 g/mol. The van der Waals surface area contributed by atoms with Gasteiger partial charge in [0.25, 0.3) is 0 Å². The number of benzene rings is 2. The number of nitriles is 2. The molecule has 39 heavy (non-hydrogen) atoms. The van der Waals surface area contributed by atoms with Crippen molar-refractivity contribution in [2.24, 2.45) is 5.41 Å². The van der Waals surface area contributed by atoms with Crippen LogP contribution in [0.3, 0.4) is 0 Å². The van der Waals surface area contributed by atoms with Gasteiger partial charge in [-0.1, -0.05) is 20.8 Å². The van der Waals surface area contributed by atoms with E-state index in [9.17, 15) is 10.5 Å². The first-order chi connectivity index (χ1) is 18.7. The number of anilines is 2. The average molecular weight is 521 g/mol. The fraction of sp³-hybridized carbons (Fsp3) is 0.455. The second-order valence-electron chi connectivity index (χ2n) is 11.6. The molecule has 0 spiro atoms. The van der Waals surface area contributed by atoms with Crippen LogP contribution in [-0.2, 0) is 11.8 Å². The van der Waals surface area contributed by atoms with E-state index in [4.69, 9.17) is 0 Å². The van der Waals surface area contributed by atoms with Crippen molar-refractivity contribution >= 4 is 11.4 Å². The maximum absolute atomic E-state index is 9.82. The molecule has 0 fully saturated rings. The molecule has 4 unspecified atom stereocenters. The van der Waals surface area contributed by atoms with Gasteiger partial charge in [-0.25, -0.2) is 0 Å². The molecule has 202 valence electrons. The summed E-state index contributed by atoms with van der Waals surface area (Å²) in [6, 6.07) is 17.1. The number of nitrogens with zero attached hydrogens (tertiary/aromatic N) is 6. The fourth-order valence-corrected chi connectivity index (χ4v) is 7.58. The summed E-state index contributed by atoms with van der Waals surface area (Å²) in [6.45, 7) is 9.29. The number of rotatable bonds is 7. The summed E-state index contributed by atoms with van der Waals surface area (Å²) < 4.78 is 0. The first-order valence-corrected chi connectivity index (χ1v) is 14.2. The van der Waals surface area contributed by atoms with E-state index in [1.807, 2.05) is 12.1 Å². The topological polar surface area (TPSA) is 60.5 Å². The molecular formula is C33H40N6. The molecule has 3 aliphatic rings. The van der Waals surface area contributed by atoms with Gasteiger partial charge in [0.05, 0.1) is 23.3 Å². The summed E-state index contributed by atoms with van der Waals surface area (Å²) in [5.41, 5.74) is 6.21. The van der Waals surface area contributed by atoms with Crippen LogP contribution in [0.2, 0.25) is 0 Å². The Hall–Kier alpha value is -3.90. The van der Waals surface area contributed by atoms with Gasteiger partial charge >= 0.3 is 0 Å². The maximum atomic E-state index is 9.82. The van der Waals surface area contributed by atoms with Crippen molar-refractivity contribution in [3.63, 3.8) is 0 Å². The lowest BCUT2D eigenvalue weighted by Crippen LogP contribution is -2.62. The van der Waals surface area contributed by atoms with Crippen LogP contribution in [0.25, 0.3) is 0 Å². The summed E-state index contributed by atoms with van der Waals surface area (Å²) in [6.07, 6.45) is 14.0. The zero-order valence-corrected chi connectivity index (χ0v) is 24.1. The number of hydrogen-bond donors (Lipinski definition) is 0. The molecule has 3 heterocycles. The Morgan fingerprint density at radius 2 is 1.46 bits per heavy atom. The van der Waals surface area contributed by atoms with Crippen molar-refractivity contribution < 1.29 is 0 Å². The molecule has 0 N–H and O–H groups in total. The predicted molar refractivity (Wildman–Crippen MR) is 158 cm³/mol. The molecule has 2 aromatic rings. The fourth-order valence-electron chi connectivity index (χ4n) is 7.58. The summed E-state index contributed by atoms with van der Waals surface area (Å²) in [7, 11) is 4.28. The van der Waals surface area contributed by atoms with Crippen LogP contribution in [0.1, 0.15) is 75.6 Å². The lowest BCUT2D eigenvalue weighted by atomic mass is 9.52. The molecule has 0 bridgehead atoms. The van der Waals surface area contributed by atoms with Gasteiger partial charge in [-0.05, 0) is 86.6 Å². The quantitative estimate of drug-likeness (QED) is 0.407. The second-order valence-corrected chi connectivity index (χ2v) is 11.6. The third-order valence-electron chi connectivity index (χ3n) is 10.0. The molecule has 3 aliphatic heterocycles. The molecule has 6 nitrogen and oxygen atoms in total. The largest absolute Gasteiger partial charge is 0.359 e. The van der Waals surface area contributed by atoms with Gasteiger partial charge in [-0.2, -0.15) is 10.5 Å². The van der Waals surface area contributed by atoms with E-state index in [0.717, 1.165) is 37.7 Å². The van der Waals surface area contributed by atoms with Crippen molar-refractivity contribution in [1.29, 1.82) is 10.5 Å². The van der Waals surface area contributed by atoms with Gasteiger partial charge in [-0.15, -0.1) is 0 Å². The standard InChI is InChI=1S/C33H40N6/c1-7-32(4)31-37(6)17-19-39(31)30-14-12-26(23-35)21-28(30)33(32,8-2)15-9-10-27-20-25(22-34)11-13-29(27)38-18-16-36(5)24(38)3/h11-14,16-21,24,31H,7-10,15H2,1-6H3. The molecule has 5 rings (SSSR count). The first-order valence-electron chi connectivity index (χ1n) is 14.2. The Morgan fingerprint density at radius 3 is 2.08 bits per heavy atom. The zero-order valence-electron chi connectivity index (χ0n) is 24.1. The highest BCUT2D eigenvalue weighted by Gasteiger charge is 2.58. The van der Waals surface area contributed by atoms with Crippen LogP contribution >= 0.6 is 0 Å². The minimum atomic E-state index is -0.0978. The Kier molecular flexibility index (Phi) is 6.85. The molecule has 4 atom stereocenters. The molecule has 0 saturated heterocycles. The Balaban J connectivity index is 1.54. The molecule has 0 aliphatic carbocycles. The molecule has 0 amide bonds. The molecular weight excluding hydrogens is 480 g/mol. The van der Waals surface area contributed by atoms with Crippen LogP contribution in [0.4, 0.5) is 11.4 Å². The van der Waals surface area contributed by atoms with Crippen LogP contribution in [-0.4, -0.2) is 36.2 Å². The van der Waals surface area contributed by atoms with Gasteiger partial charge in [0, 0.05) is 61.1 Å². The van der Waals surface area contributed by atoms with Crippen LogP contribution in [0, 0.1) is 28.1 Å². The van der Waals surface area contributed by atoms with Crippen molar-refractivity contribution in [2.75, 3.05) is 23.9 Å². The van der Waals surface area contributed by atoms with Gasteiger partial charge in [0.1, 0.15) is 12.3 Å². The van der Waals surface area contributed by atoms with E-state index in [1.54, 1.807) is 0 Å². The van der Waals surface area contributed by atoms with Gasteiger partial charge < -0.3 is 19.6 Å². The minimum Gasteiger partial charge on any atom is -0.359 e. The van der Waals surface area contributed by atoms with E-state index < -0.39 is 0 Å². The highest BCUT2D eigenvalue weighted by atomic mass is 15.4. The smallest absolute Gasteiger partial charge is 0.111 e. The van der Waals surface area contributed by atoms with Crippen molar-refractivity contribution in [1.82, 2.24) is 9.80 Å². The molecule has 0 radical (unpaired) electrons. The predicted octanol–water partition coefficient (Wildman–Crippen LogP) is 6.65. The van der Waals surface area contributed by atoms with Gasteiger partial charge in [-0.3, -0.25) is 0 Å². The first kappa shape index (κ1) is 26.7. The molecule has 2 aromatic carbocycles. The van der Waals surface area contributed by atoms with E-state index in [2.05, 4.69) is 123 Å². The zero-order chi connectivity index (χ0) is 27.9. The van der Waals surface area contributed by atoms with Crippen molar-refractivity contribution in [3.8, 4) is 12.1 Å². The van der Waals surface area contributed by atoms with Crippen LogP contribution in [0.5, 0.6) is 0 Å². The van der Waals surface area contributed by atoms with E-state index in [1.165, 1.54) is 22.5 Å². The highest BCUT2D eigenvalue weighted by molar-refractivity contribution is 5.67. The SMILES string of the molecule is CCC1(CCCc2cc(C#N)ccc2N2C=CN(C)C2C)c2cc(C#N)ccc2N2C=CN(C)C2C1(C)CC. The number of aryl methyl sites for hydroxylation is 1. The molecule has 0 aromatic heterocycles. The minimum absolute atomic E-state index is 0.0344. The third-order valence-corrected chi connectivity index (χ3v) is 10.0. The van der Waals surface area contributed by atoms with Crippen LogP contribution < -0.4 is 9.80 Å². The second kappa shape index (κ2) is 10.0. The van der Waals surface area contributed by atoms with Gasteiger partial charge in [0.2, 0.25) is 0 Å². The van der Waals surface area contributed by atoms with Crippen molar-refractivity contribution in [3.05, 3.63) is 83.5 Å². The van der Waals surface area contributed by atoms with E-state index >= 15 is 0 Å². The highest BCUT2D eigenvalue weighted by Crippen LogP contribution is 2.61. The third kappa shape index (κ3) is 3.97. The Labute approximate surface area is 234 Å². The van der Waals surface area contributed by atoms with Crippen molar-refractivity contribution in [2.45, 2.75) is 77.5 Å². The number of fused-ring (bicyclic) bond motifs is 3. The lowest BCUT2D eigenvalue weighted by Gasteiger charge is -2.60. The summed E-state index contributed by atoms with van der Waals surface area (Å²) in [5, 5.41) is 19.5. The summed E-state index contributed by atoms with van der Waals surface area (Å²) >= 11 is 0. The molecule has 0 saturated carbocycles. The van der Waals surface area contributed by atoms with Gasteiger partial charge in [0.15, 0.2) is 0 Å². The summed E-state index contributed by atoms with van der Waals surface area (Å²) in [4.78, 5) is 9.28. The Bertz CT molecular complexity index is 1400. The molecule has 6 heteroatoms. The Morgan fingerprint density at radius 1 is 0.821 bits per heavy atom. The summed E-state index contributed by atoms with van der Waals surface area (Å²) in [5.74, 6) is 0. The normalized spacial score (nSPS) is 27.0. The average Bonchev–Trinajstić information content (AvgIpc) is 3.51.